The van der Waals surface area contributed by atoms with Gasteiger partial charge in [-0.05, 0) is 62.5 Å². The van der Waals surface area contributed by atoms with Crippen LogP contribution in [0.4, 0.5) is 0 Å². The second-order valence-corrected chi connectivity index (χ2v) is 6.42. The molecule has 0 saturated heterocycles. The summed E-state index contributed by atoms with van der Waals surface area (Å²) in [4.78, 5) is 2.29. The SMILES string of the molecule is CCCc1ccccc1CC(CCN(C)C)c1ccccc1. The first-order valence-corrected chi connectivity index (χ1v) is 8.47. The van der Waals surface area contributed by atoms with Gasteiger partial charge in [0.25, 0.3) is 0 Å². The Bertz CT molecular complexity index is 545. The van der Waals surface area contributed by atoms with Gasteiger partial charge in [0.2, 0.25) is 0 Å². The zero-order chi connectivity index (χ0) is 15.8. The molecule has 0 fully saturated rings. The standard InChI is InChI=1S/C21H29N/c1-4-10-18-13-8-9-14-20(18)17-21(15-16-22(2)3)19-11-6-5-7-12-19/h5-9,11-14,21H,4,10,15-17H2,1-3H3. The van der Waals surface area contributed by atoms with E-state index in [0.717, 1.165) is 13.0 Å². The maximum absolute atomic E-state index is 2.32. The molecule has 0 bridgehead atoms. The van der Waals surface area contributed by atoms with Gasteiger partial charge in [-0.1, -0.05) is 67.9 Å². The lowest BCUT2D eigenvalue weighted by atomic mass is 9.87. The van der Waals surface area contributed by atoms with Gasteiger partial charge < -0.3 is 4.90 Å². The summed E-state index contributed by atoms with van der Waals surface area (Å²) in [7, 11) is 4.32. The molecule has 2 rings (SSSR count). The van der Waals surface area contributed by atoms with E-state index >= 15 is 0 Å². The average Bonchev–Trinajstić information content (AvgIpc) is 2.54. The van der Waals surface area contributed by atoms with Crippen molar-refractivity contribution in [1.82, 2.24) is 4.90 Å². The van der Waals surface area contributed by atoms with Gasteiger partial charge in [-0.2, -0.15) is 0 Å². The molecule has 0 aliphatic carbocycles. The van der Waals surface area contributed by atoms with Crippen LogP contribution in [0.25, 0.3) is 0 Å². The molecule has 0 saturated carbocycles. The summed E-state index contributed by atoms with van der Waals surface area (Å²) in [5, 5.41) is 0. The predicted octanol–water partition coefficient (Wildman–Crippen LogP) is 4.92. The lowest BCUT2D eigenvalue weighted by molar-refractivity contribution is 0.379. The number of hydrogen-bond acceptors (Lipinski definition) is 1. The molecule has 1 unspecified atom stereocenters. The highest BCUT2D eigenvalue weighted by atomic mass is 15.0. The Morgan fingerprint density at radius 3 is 2.14 bits per heavy atom. The second-order valence-electron chi connectivity index (χ2n) is 6.42. The first-order chi connectivity index (χ1) is 10.7. The molecule has 0 aliphatic rings. The van der Waals surface area contributed by atoms with E-state index < -0.39 is 0 Å². The Labute approximate surface area is 136 Å². The molecule has 0 amide bonds. The third-order valence-corrected chi connectivity index (χ3v) is 4.30. The maximum atomic E-state index is 2.32. The lowest BCUT2D eigenvalue weighted by Crippen LogP contribution is -2.17. The van der Waals surface area contributed by atoms with Crippen LogP contribution >= 0.6 is 0 Å². The Morgan fingerprint density at radius 1 is 0.864 bits per heavy atom. The number of benzene rings is 2. The van der Waals surface area contributed by atoms with Crippen LogP contribution in [-0.2, 0) is 12.8 Å². The number of aryl methyl sites for hydroxylation is 1. The van der Waals surface area contributed by atoms with Crippen LogP contribution in [0.1, 0.15) is 42.4 Å². The highest BCUT2D eigenvalue weighted by molar-refractivity contribution is 5.30. The van der Waals surface area contributed by atoms with Crippen LogP contribution in [0, 0.1) is 0 Å². The predicted molar refractivity (Wildman–Crippen MR) is 96.5 cm³/mol. The van der Waals surface area contributed by atoms with Gasteiger partial charge in [0, 0.05) is 0 Å². The van der Waals surface area contributed by atoms with Crippen molar-refractivity contribution in [3.8, 4) is 0 Å². The molecule has 0 radical (unpaired) electrons. The van der Waals surface area contributed by atoms with Gasteiger partial charge in [-0.15, -0.1) is 0 Å². The first kappa shape index (κ1) is 16.8. The fraction of sp³-hybridized carbons (Fsp3) is 0.429. The summed E-state index contributed by atoms with van der Waals surface area (Å²) in [6.45, 7) is 3.40. The summed E-state index contributed by atoms with van der Waals surface area (Å²) in [5.74, 6) is 0.599. The van der Waals surface area contributed by atoms with Gasteiger partial charge in [-0.25, -0.2) is 0 Å². The fourth-order valence-corrected chi connectivity index (χ4v) is 3.06. The zero-order valence-electron chi connectivity index (χ0n) is 14.3. The van der Waals surface area contributed by atoms with Crippen LogP contribution in [-0.4, -0.2) is 25.5 Å². The molecular weight excluding hydrogens is 266 g/mol. The van der Waals surface area contributed by atoms with E-state index in [9.17, 15) is 0 Å². The Morgan fingerprint density at radius 2 is 1.50 bits per heavy atom. The van der Waals surface area contributed by atoms with E-state index in [-0.39, 0.29) is 0 Å². The largest absolute Gasteiger partial charge is 0.309 e. The lowest BCUT2D eigenvalue weighted by Gasteiger charge is -2.21. The van der Waals surface area contributed by atoms with Crippen molar-refractivity contribution in [2.75, 3.05) is 20.6 Å². The van der Waals surface area contributed by atoms with Crippen LogP contribution in [0.15, 0.2) is 54.6 Å². The first-order valence-electron chi connectivity index (χ1n) is 8.47. The Kier molecular flexibility index (Phi) is 6.67. The topological polar surface area (TPSA) is 3.24 Å². The maximum Gasteiger partial charge on any atom is -0.00189 e. The van der Waals surface area contributed by atoms with E-state index in [2.05, 4.69) is 80.5 Å². The highest BCUT2D eigenvalue weighted by Crippen LogP contribution is 2.26. The van der Waals surface area contributed by atoms with E-state index in [4.69, 9.17) is 0 Å². The molecule has 22 heavy (non-hydrogen) atoms. The zero-order valence-corrected chi connectivity index (χ0v) is 14.3. The average molecular weight is 295 g/mol. The molecule has 0 aromatic heterocycles. The second kappa shape index (κ2) is 8.75. The summed E-state index contributed by atoms with van der Waals surface area (Å²) in [6, 6.07) is 20.0. The van der Waals surface area contributed by atoms with Crippen molar-refractivity contribution >= 4 is 0 Å². The Hall–Kier alpha value is -1.60. The van der Waals surface area contributed by atoms with Crippen molar-refractivity contribution < 1.29 is 0 Å². The normalized spacial score (nSPS) is 12.5. The van der Waals surface area contributed by atoms with E-state index in [1.54, 1.807) is 0 Å². The van der Waals surface area contributed by atoms with E-state index in [1.165, 1.54) is 36.0 Å². The quantitative estimate of drug-likeness (QED) is 0.668. The number of hydrogen-bond donors (Lipinski definition) is 0. The molecule has 118 valence electrons. The summed E-state index contributed by atoms with van der Waals surface area (Å²) in [6.07, 6.45) is 4.75. The van der Waals surface area contributed by atoms with Gasteiger partial charge in [0.15, 0.2) is 0 Å². The summed E-state index contributed by atoms with van der Waals surface area (Å²) < 4.78 is 0. The van der Waals surface area contributed by atoms with Gasteiger partial charge in [0.05, 0.1) is 0 Å². The van der Waals surface area contributed by atoms with E-state index in [0.29, 0.717) is 5.92 Å². The molecule has 1 nitrogen and oxygen atoms in total. The highest BCUT2D eigenvalue weighted by Gasteiger charge is 2.14. The van der Waals surface area contributed by atoms with Crippen LogP contribution in [0.3, 0.4) is 0 Å². The van der Waals surface area contributed by atoms with Crippen LogP contribution in [0.2, 0.25) is 0 Å². The number of rotatable bonds is 8. The van der Waals surface area contributed by atoms with Crippen molar-refractivity contribution in [2.45, 2.75) is 38.5 Å². The molecule has 0 N–H and O–H groups in total. The third-order valence-electron chi connectivity index (χ3n) is 4.30. The Balaban J connectivity index is 2.19. The molecule has 1 atom stereocenters. The van der Waals surface area contributed by atoms with Crippen molar-refractivity contribution in [2.24, 2.45) is 0 Å². The van der Waals surface area contributed by atoms with Gasteiger partial charge in [-0.3, -0.25) is 0 Å². The molecule has 0 heterocycles. The minimum absolute atomic E-state index is 0.599. The van der Waals surface area contributed by atoms with Crippen molar-refractivity contribution in [3.05, 3.63) is 71.3 Å². The molecule has 2 aromatic rings. The summed E-state index contributed by atoms with van der Waals surface area (Å²) in [5.41, 5.74) is 4.52. The smallest absolute Gasteiger partial charge is 0.00189 e. The minimum Gasteiger partial charge on any atom is -0.309 e. The molecule has 2 aromatic carbocycles. The third kappa shape index (κ3) is 4.99. The molecule has 1 heteroatoms. The molecule has 0 spiro atoms. The molecule has 0 aliphatic heterocycles. The fourth-order valence-electron chi connectivity index (χ4n) is 3.06. The van der Waals surface area contributed by atoms with Crippen molar-refractivity contribution in [1.29, 1.82) is 0 Å². The minimum atomic E-state index is 0.599. The molecular formula is C21H29N. The number of nitrogens with zero attached hydrogens (tertiary/aromatic N) is 1. The van der Waals surface area contributed by atoms with Gasteiger partial charge >= 0.3 is 0 Å². The van der Waals surface area contributed by atoms with Crippen LogP contribution < -0.4 is 0 Å². The van der Waals surface area contributed by atoms with E-state index in [1.807, 2.05) is 0 Å². The monoisotopic (exact) mass is 295 g/mol. The summed E-state index contributed by atoms with van der Waals surface area (Å²) >= 11 is 0. The van der Waals surface area contributed by atoms with Crippen LogP contribution in [0.5, 0.6) is 0 Å². The van der Waals surface area contributed by atoms with Crippen molar-refractivity contribution in [3.63, 3.8) is 0 Å². The van der Waals surface area contributed by atoms with Gasteiger partial charge in [0.1, 0.15) is 0 Å².